The van der Waals surface area contributed by atoms with E-state index in [0.29, 0.717) is 13.1 Å². The number of nitrogens with one attached hydrogen (secondary N) is 2. The van der Waals surface area contributed by atoms with Crippen molar-refractivity contribution in [3.05, 3.63) is 24.3 Å². The minimum Gasteiger partial charge on any atom is -0.488 e. The molecule has 2 saturated heterocycles. The molecule has 2 fully saturated rings. The quantitative estimate of drug-likeness (QED) is 0.798. The molecule has 1 aromatic rings. The number of nitrogens with zero attached hydrogens (tertiary/aromatic N) is 1. The fraction of sp³-hybridized carbons (Fsp3) is 0.632. The maximum Gasteiger partial charge on any atom is 0.407 e. The zero-order chi connectivity index (χ0) is 19.4. The van der Waals surface area contributed by atoms with E-state index in [4.69, 9.17) is 9.47 Å². The van der Waals surface area contributed by atoms with E-state index in [2.05, 4.69) is 10.6 Å². The van der Waals surface area contributed by atoms with Gasteiger partial charge in [0.15, 0.2) is 0 Å². The molecule has 150 valence electrons. The maximum atomic E-state index is 12.8. The van der Waals surface area contributed by atoms with Crippen LogP contribution in [-0.2, 0) is 15.7 Å². The van der Waals surface area contributed by atoms with Crippen LogP contribution in [0.15, 0.2) is 29.2 Å². The molecule has 0 radical (unpaired) electrons. The second kappa shape index (κ2) is 8.58. The van der Waals surface area contributed by atoms with Gasteiger partial charge in [0, 0.05) is 32.2 Å². The number of amides is 1. The Hall–Kier alpha value is -1.64. The van der Waals surface area contributed by atoms with Gasteiger partial charge in [0.2, 0.25) is 0 Å². The Morgan fingerprint density at radius 1 is 1.19 bits per heavy atom. The molecule has 1 atom stereocenters. The Labute approximate surface area is 163 Å². The van der Waals surface area contributed by atoms with E-state index in [1.54, 1.807) is 0 Å². The van der Waals surface area contributed by atoms with E-state index >= 15 is 0 Å². The van der Waals surface area contributed by atoms with Crippen LogP contribution in [-0.4, -0.2) is 58.5 Å². The van der Waals surface area contributed by atoms with Crippen molar-refractivity contribution < 1.29 is 18.5 Å². The first kappa shape index (κ1) is 20.1. The summed E-state index contributed by atoms with van der Waals surface area (Å²) < 4.78 is 25.8. The molecule has 1 amide bonds. The number of piperidine rings is 1. The molecular weight excluding hydrogens is 366 g/mol. The predicted octanol–water partition coefficient (Wildman–Crippen LogP) is 2.05. The van der Waals surface area contributed by atoms with Crippen LogP contribution in [0.3, 0.4) is 0 Å². The van der Waals surface area contributed by atoms with E-state index in [1.165, 1.54) is 0 Å². The first-order valence-electron chi connectivity index (χ1n) is 9.44. The third-order valence-corrected chi connectivity index (χ3v) is 5.99. The minimum atomic E-state index is -1.20. The number of hydrogen-bond acceptors (Lipinski definition) is 5. The summed E-state index contributed by atoms with van der Waals surface area (Å²) in [5.74, 6) is 0.808. The van der Waals surface area contributed by atoms with Crippen molar-refractivity contribution in [2.75, 3.05) is 26.2 Å². The Kier molecular flexibility index (Phi) is 6.39. The third kappa shape index (κ3) is 5.92. The lowest BCUT2D eigenvalue weighted by molar-refractivity contribution is 0.0490. The molecule has 2 heterocycles. The van der Waals surface area contributed by atoms with E-state index in [-0.39, 0.29) is 18.2 Å². The molecule has 0 spiro atoms. The highest BCUT2D eigenvalue weighted by Gasteiger charge is 2.26. The summed E-state index contributed by atoms with van der Waals surface area (Å²) in [5.41, 5.74) is -0.503. The molecule has 0 aliphatic carbocycles. The molecule has 2 aliphatic heterocycles. The molecule has 0 saturated carbocycles. The van der Waals surface area contributed by atoms with Gasteiger partial charge < -0.3 is 20.1 Å². The summed E-state index contributed by atoms with van der Waals surface area (Å²) in [4.78, 5) is 12.6. The zero-order valence-electron chi connectivity index (χ0n) is 16.2. The molecule has 1 aromatic carbocycles. The first-order valence-corrected chi connectivity index (χ1v) is 10.5. The summed E-state index contributed by atoms with van der Waals surface area (Å²) in [6, 6.07) is 7.54. The van der Waals surface area contributed by atoms with Crippen molar-refractivity contribution in [3.8, 4) is 5.75 Å². The van der Waals surface area contributed by atoms with E-state index in [0.717, 1.165) is 36.6 Å². The highest BCUT2D eigenvalue weighted by molar-refractivity contribution is 7.82. The molecule has 2 N–H and O–H groups in total. The number of carbonyl (C=O) groups excluding carboxylic acids is 1. The molecule has 8 heteroatoms. The Morgan fingerprint density at radius 2 is 1.81 bits per heavy atom. The first-order chi connectivity index (χ1) is 12.8. The second-order valence-corrected chi connectivity index (χ2v) is 9.45. The van der Waals surface area contributed by atoms with Crippen molar-refractivity contribution >= 4 is 17.1 Å². The minimum absolute atomic E-state index is 0.0555. The van der Waals surface area contributed by atoms with E-state index in [1.807, 2.05) is 49.3 Å². The second-order valence-electron chi connectivity index (χ2n) is 7.97. The van der Waals surface area contributed by atoms with Gasteiger partial charge in [-0.2, -0.15) is 0 Å². The standard InChI is InChI=1S/C19H29N3O4S/c1-19(2,3)26-18(23)21-14-8-10-22(11-9-14)27(24)17-6-4-15(5-7-17)25-16-12-20-13-16/h4-7,14,16,20H,8-13H2,1-3H3,(H,21,23). The lowest BCUT2D eigenvalue weighted by Gasteiger charge is -2.32. The summed E-state index contributed by atoms with van der Waals surface area (Å²) in [6.07, 6.45) is 1.35. The van der Waals surface area contributed by atoms with E-state index in [9.17, 15) is 9.00 Å². The Bertz CT molecular complexity index is 663. The SMILES string of the molecule is CC(C)(C)OC(=O)NC1CCN(S(=O)c2ccc(OC3CNC3)cc2)CC1. The fourth-order valence-corrected chi connectivity index (χ4v) is 4.17. The highest BCUT2D eigenvalue weighted by atomic mass is 32.2. The third-order valence-electron chi connectivity index (χ3n) is 4.48. The molecular formula is C19H29N3O4S. The lowest BCUT2D eigenvalue weighted by atomic mass is 10.1. The predicted molar refractivity (Wildman–Crippen MR) is 104 cm³/mol. The van der Waals surface area contributed by atoms with Crippen molar-refractivity contribution in [1.29, 1.82) is 0 Å². The largest absolute Gasteiger partial charge is 0.488 e. The monoisotopic (exact) mass is 395 g/mol. The van der Waals surface area contributed by atoms with Gasteiger partial charge in [0.05, 0.1) is 4.90 Å². The molecule has 0 bridgehead atoms. The van der Waals surface area contributed by atoms with Gasteiger partial charge in [-0.05, 0) is 57.9 Å². The average Bonchev–Trinajstić information content (AvgIpc) is 2.57. The van der Waals surface area contributed by atoms with Crippen molar-refractivity contribution in [2.24, 2.45) is 0 Å². The maximum absolute atomic E-state index is 12.8. The van der Waals surface area contributed by atoms with Crippen LogP contribution in [0.2, 0.25) is 0 Å². The van der Waals surface area contributed by atoms with Gasteiger partial charge >= 0.3 is 6.09 Å². The van der Waals surface area contributed by atoms with Crippen LogP contribution in [0.1, 0.15) is 33.6 Å². The number of rotatable bonds is 5. The summed E-state index contributed by atoms with van der Waals surface area (Å²) in [7, 11) is -1.20. The topological polar surface area (TPSA) is 79.9 Å². The van der Waals surface area contributed by atoms with E-state index < -0.39 is 16.6 Å². The molecule has 27 heavy (non-hydrogen) atoms. The number of benzene rings is 1. The summed E-state index contributed by atoms with van der Waals surface area (Å²) >= 11 is 0. The van der Waals surface area contributed by atoms with Crippen LogP contribution in [0.5, 0.6) is 5.75 Å². The van der Waals surface area contributed by atoms with Crippen molar-refractivity contribution in [1.82, 2.24) is 14.9 Å². The lowest BCUT2D eigenvalue weighted by Crippen LogP contribution is -2.50. The molecule has 2 aliphatic rings. The van der Waals surface area contributed by atoms with Crippen LogP contribution >= 0.6 is 0 Å². The number of alkyl carbamates (subject to hydrolysis) is 1. The number of hydrogen-bond donors (Lipinski definition) is 2. The number of carbonyl (C=O) groups is 1. The molecule has 3 rings (SSSR count). The Morgan fingerprint density at radius 3 is 2.33 bits per heavy atom. The van der Waals surface area contributed by atoms with Crippen LogP contribution < -0.4 is 15.4 Å². The fourth-order valence-electron chi connectivity index (χ4n) is 2.96. The molecule has 0 aromatic heterocycles. The van der Waals surface area contributed by atoms with Gasteiger partial charge in [-0.1, -0.05) is 0 Å². The molecule has 7 nitrogen and oxygen atoms in total. The molecule has 1 unspecified atom stereocenters. The van der Waals surface area contributed by atoms with Crippen molar-refractivity contribution in [3.63, 3.8) is 0 Å². The van der Waals surface area contributed by atoms with Gasteiger partial charge in [0.25, 0.3) is 0 Å². The van der Waals surface area contributed by atoms with Crippen LogP contribution in [0, 0.1) is 0 Å². The average molecular weight is 396 g/mol. The highest BCUT2D eigenvalue weighted by Crippen LogP contribution is 2.21. The van der Waals surface area contributed by atoms with Gasteiger partial charge in [0.1, 0.15) is 28.4 Å². The van der Waals surface area contributed by atoms with Crippen LogP contribution in [0.4, 0.5) is 4.79 Å². The van der Waals surface area contributed by atoms with Gasteiger partial charge in [-0.3, -0.25) is 0 Å². The Balaban J connectivity index is 1.46. The number of ether oxygens (including phenoxy) is 2. The van der Waals surface area contributed by atoms with Crippen molar-refractivity contribution in [2.45, 2.75) is 56.3 Å². The summed E-state index contributed by atoms with van der Waals surface area (Å²) in [6.45, 7) is 8.62. The normalized spacial score (nSPS) is 20.6. The van der Waals surface area contributed by atoms with Gasteiger partial charge in [-0.15, -0.1) is 0 Å². The van der Waals surface area contributed by atoms with Crippen LogP contribution in [0.25, 0.3) is 0 Å². The van der Waals surface area contributed by atoms with Gasteiger partial charge in [-0.25, -0.2) is 13.3 Å². The summed E-state index contributed by atoms with van der Waals surface area (Å²) in [5, 5.41) is 6.07. The zero-order valence-corrected chi connectivity index (χ0v) is 17.0. The smallest absolute Gasteiger partial charge is 0.407 e.